The Morgan fingerprint density at radius 1 is 1.55 bits per heavy atom. The van der Waals surface area contributed by atoms with Crippen LogP contribution in [0.3, 0.4) is 0 Å². The fourth-order valence-electron chi connectivity index (χ4n) is 0.830. The van der Waals surface area contributed by atoms with E-state index in [0.717, 1.165) is 12.8 Å². The maximum absolute atomic E-state index is 11.2. The number of rotatable bonds is 4. The third-order valence-electron chi connectivity index (χ3n) is 1.84. The van der Waals surface area contributed by atoms with Gasteiger partial charge in [-0.2, -0.15) is 0 Å². The molecule has 3 heteroatoms. The van der Waals surface area contributed by atoms with Gasteiger partial charge in [-0.05, 0) is 12.8 Å². The molecule has 0 saturated heterocycles. The lowest BCUT2D eigenvalue weighted by Gasteiger charge is -2.02. The van der Waals surface area contributed by atoms with E-state index in [4.69, 9.17) is 0 Å². The normalized spacial score (nSPS) is 20.3. The fourth-order valence-corrected chi connectivity index (χ4v) is 1.68. The van der Waals surface area contributed by atoms with Gasteiger partial charge in [0, 0.05) is 22.0 Å². The summed E-state index contributed by atoms with van der Waals surface area (Å²) in [5.74, 6) is 0.747. The van der Waals surface area contributed by atoms with Crippen molar-refractivity contribution >= 4 is 16.6 Å². The molecule has 0 aliphatic heterocycles. The Morgan fingerprint density at radius 2 is 2.09 bits per heavy atom. The quantitative estimate of drug-likeness (QED) is 0.640. The monoisotopic (exact) mass is 174 g/mol. The highest BCUT2D eigenvalue weighted by Crippen LogP contribution is 2.30. The van der Waals surface area contributed by atoms with Gasteiger partial charge in [-0.1, -0.05) is 13.8 Å². The van der Waals surface area contributed by atoms with Crippen LogP contribution in [0.25, 0.3) is 0 Å². The molecule has 0 N–H and O–H groups in total. The molecule has 0 aromatic heterocycles. The topological polar surface area (TPSA) is 34.1 Å². The number of Topliss-reactive ketones (excluding diaryl/α,β-unsaturated/α-hetero) is 1. The highest BCUT2D eigenvalue weighted by atomic mass is 32.2. The molecule has 0 amide bonds. The number of ketones is 1. The molecular weight excluding hydrogens is 160 g/mol. The molecule has 0 bridgehead atoms. The minimum atomic E-state index is -0.932. The van der Waals surface area contributed by atoms with E-state index in [1.165, 1.54) is 0 Å². The molecule has 1 saturated carbocycles. The van der Waals surface area contributed by atoms with Crippen molar-refractivity contribution in [2.75, 3.05) is 5.75 Å². The second-order valence-electron chi connectivity index (χ2n) is 3.31. The molecule has 0 aromatic carbocycles. The first-order valence-corrected chi connectivity index (χ1v) is 5.39. The van der Waals surface area contributed by atoms with Crippen LogP contribution in [-0.4, -0.2) is 21.0 Å². The van der Waals surface area contributed by atoms with Crippen molar-refractivity contribution < 1.29 is 9.00 Å². The molecule has 1 unspecified atom stereocenters. The number of carbonyl (C=O) groups is 1. The first-order chi connectivity index (χ1) is 5.11. The zero-order valence-corrected chi connectivity index (χ0v) is 7.82. The molecule has 64 valence electrons. The lowest BCUT2D eigenvalue weighted by atomic mass is 10.3. The lowest BCUT2D eigenvalue weighted by Crippen LogP contribution is -2.18. The molecule has 0 heterocycles. The molecule has 1 aliphatic carbocycles. The minimum absolute atomic E-state index is 0.123. The van der Waals surface area contributed by atoms with Gasteiger partial charge in [-0.15, -0.1) is 0 Å². The van der Waals surface area contributed by atoms with Crippen molar-refractivity contribution in [2.45, 2.75) is 31.9 Å². The predicted molar refractivity (Wildman–Crippen MR) is 45.9 cm³/mol. The molecule has 0 radical (unpaired) electrons. The molecule has 0 aromatic rings. The summed E-state index contributed by atoms with van der Waals surface area (Å²) in [4.78, 5) is 11.1. The van der Waals surface area contributed by atoms with Gasteiger partial charge >= 0.3 is 0 Å². The van der Waals surface area contributed by atoms with E-state index in [9.17, 15) is 9.00 Å². The van der Waals surface area contributed by atoms with Gasteiger partial charge in [0.1, 0.15) is 5.78 Å². The Balaban J connectivity index is 2.29. The Bertz CT molecular complexity index is 171. The second kappa shape index (κ2) is 3.48. The minimum Gasteiger partial charge on any atom is -0.298 e. The van der Waals surface area contributed by atoms with Gasteiger partial charge in [-0.25, -0.2) is 0 Å². The summed E-state index contributed by atoms with van der Waals surface area (Å²) in [7, 11) is -0.932. The SMILES string of the molecule is CC(C)S(=O)CC(=O)C1CC1. The van der Waals surface area contributed by atoms with Crippen LogP contribution in [0.5, 0.6) is 0 Å². The molecule has 1 rings (SSSR count). The van der Waals surface area contributed by atoms with E-state index in [1.54, 1.807) is 0 Å². The Labute approximate surface area is 69.8 Å². The zero-order valence-electron chi connectivity index (χ0n) is 7.00. The standard InChI is InChI=1S/C8H14O2S/c1-6(2)11(10)5-8(9)7-3-4-7/h6-7H,3-5H2,1-2H3. The summed E-state index contributed by atoms with van der Waals surface area (Å²) >= 11 is 0. The lowest BCUT2D eigenvalue weighted by molar-refractivity contribution is -0.117. The smallest absolute Gasteiger partial charge is 0.148 e. The average molecular weight is 174 g/mol. The maximum Gasteiger partial charge on any atom is 0.148 e. The van der Waals surface area contributed by atoms with Crippen LogP contribution < -0.4 is 0 Å². The summed E-state index contributed by atoms with van der Waals surface area (Å²) in [6.45, 7) is 3.77. The first-order valence-electron chi connectivity index (χ1n) is 4.01. The van der Waals surface area contributed by atoms with E-state index in [2.05, 4.69) is 0 Å². The van der Waals surface area contributed by atoms with Gasteiger partial charge in [0.15, 0.2) is 0 Å². The number of hydrogen-bond acceptors (Lipinski definition) is 2. The molecule has 1 aliphatic rings. The van der Waals surface area contributed by atoms with Crippen molar-refractivity contribution in [1.82, 2.24) is 0 Å². The largest absolute Gasteiger partial charge is 0.298 e. The summed E-state index contributed by atoms with van der Waals surface area (Å²) in [5.41, 5.74) is 0. The van der Waals surface area contributed by atoms with E-state index in [-0.39, 0.29) is 22.7 Å². The summed E-state index contributed by atoms with van der Waals surface area (Å²) in [6, 6.07) is 0. The van der Waals surface area contributed by atoms with Gasteiger partial charge in [0.05, 0.1) is 5.75 Å². The third-order valence-corrected chi connectivity index (χ3v) is 3.46. The van der Waals surface area contributed by atoms with E-state index in [1.807, 2.05) is 13.8 Å². The molecule has 0 spiro atoms. The highest BCUT2D eigenvalue weighted by Gasteiger charge is 2.30. The van der Waals surface area contributed by atoms with Crippen molar-refractivity contribution in [3.8, 4) is 0 Å². The first kappa shape index (κ1) is 8.91. The molecule has 1 fully saturated rings. The van der Waals surface area contributed by atoms with Gasteiger partial charge in [0.25, 0.3) is 0 Å². The fraction of sp³-hybridized carbons (Fsp3) is 0.875. The Kier molecular flexibility index (Phi) is 2.82. The second-order valence-corrected chi connectivity index (χ2v) is 5.31. The molecule has 2 nitrogen and oxygen atoms in total. The number of hydrogen-bond donors (Lipinski definition) is 0. The van der Waals surface area contributed by atoms with E-state index >= 15 is 0 Å². The zero-order chi connectivity index (χ0) is 8.43. The van der Waals surface area contributed by atoms with Crippen LogP contribution in [-0.2, 0) is 15.6 Å². The number of carbonyl (C=O) groups excluding carboxylic acids is 1. The van der Waals surface area contributed by atoms with E-state index in [0.29, 0.717) is 0 Å². The maximum atomic E-state index is 11.2. The van der Waals surface area contributed by atoms with Crippen LogP contribution in [0.1, 0.15) is 26.7 Å². The molecule has 11 heavy (non-hydrogen) atoms. The van der Waals surface area contributed by atoms with Gasteiger partial charge in [-0.3, -0.25) is 9.00 Å². The average Bonchev–Trinajstić information content (AvgIpc) is 2.67. The Morgan fingerprint density at radius 3 is 2.45 bits per heavy atom. The van der Waals surface area contributed by atoms with Crippen molar-refractivity contribution in [2.24, 2.45) is 5.92 Å². The molecular formula is C8H14O2S. The predicted octanol–water partition coefficient (Wildman–Crippen LogP) is 1.12. The van der Waals surface area contributed by atoms with Gasteiger partial charge in [0.2, 0.25) is 0 Å². The van der Waals surface area contributed by atoms with Crippen LogP contribution in [0.2, 0.25) is 0 Å². The van der Waals surface area contributed by atoms with Gasteiger partial charge < -0.3 is 0 Å². The Hall–Kier alpha value is -0.180. The van der Waals surface area contributed by atoms with Crippen LogP contribution in [0.4, 0.5) is 0 Å². The van der Waals surface area contributed by atoms with Crippen molar-refractivity contribution in [3.05, 3.63) is 0 Å². The summed E-state index contributed by atoms with van der Waals surface area (Å²) in [5, 5.41) is 0.123. The third kappa shape index (κ3) is 2.73. The van der Waals surface area contributed by atoms with Crippen LogP contribution in [0, 0.1) is 5.92 Å². The van der Waals surface area contributed by atoms with Crippen molar-refractivity contribution in [3.63, 3.8) is 0 Å². The van der Waals surface area contributed by atoms with Crippen molar-refractivity contribution in [1.29, 1.82) is 0 Å². The highest BCUT2D eigenvalue weighted by molar-refractivity contribution is 7.86. The summed E-state index contributed by atoms with van der Waals surface area (Å²) in [6.07, 6.45) is 2.04. The van der Waals surface area contributed by atoms with E-state index < -0.39 is 10.8 Å². The van der Waals surface area contributed by atoms with Crippen LogP contribution >= 0.6 is 0 Å². The summed E-state index contributed by atoms with van der Waals surface area (Å²) < 4.78 is 11.2. The molecule has 1 atom stereocenters. The van der Waals surface area contributed by atoms with Crippen LogP contribution in [0.15, 0.2) is 0 Å².